The van der Waals surface area contributed by atoms with E-state index in [-0.39, 0.29) is 5.56 Å². The predicted molar refractivity (Wildman–Crippen MR) is 87.5 cm³/mol. The summed E-state index contributed by atoms with van der Waals surface area (Å²) < 4.78 is 6.46. The van der Waals surface area contributed by atoms with Crippen LogP contribution < -0.4 is 16.2 Å². The molecule has 0 unspecified atom stereocenters. The Bertz CT molecular complexity index is 778. The summed E-state index contributed by atoms with van der Waals surface area (Å²) in [5.74, 6) is 0.344. The van der Waals surface area contributed by atoms with Gasteiger partial charge in [0.25, 0.3) is 5.56 Å². The molecule has 3 heterocycles. The number of carbonyl (C=O) groups excluding carboxylic acids is 1. The van der Waals surface area contributed by atoms with Gasteiger partial charge in [-0.3, -0.25) is 9.36 Å². The van der Waals surface area contributed by atoms with E-state index in [9.17, 15) is 9.59 Å². The largest absolute Gasteiger partial charge is 0.449 e. The van der Waals surface area contributed by atoms with Crippen LogP contribution in [0.15, 0.2) is 29.2 Å². The van der Waals surface area contributed by atoms with Crippen LogP contribution in [-0.4, -0.2) is 35.3 Å². The van der Waals surface area contributed by atoms with Crippen LogP contribution in [0.25, 0.3) is 11.0 Å². The summed E-state index contributed by atoms with van der Waals surface area (Å²) in [5.41, 5.74) is 6.72. The summed E-state index contributed by atoms with van der Waals surface area (Å²) in [6.45, 7) is 2.12. The molecule has 3 rings (SSSR count). The van der Waals surface area contributed by atoms with Crippen molar-refractivity contribution in [2.24, 2.45) is 18.7 Å². The lowest BCUT2D eigenvalue weighted by molar-refractivity contribution is 0.129. The molecule has 7 heteroatoms. The first-order chi connectivity index (χ1) is 11.1. The first-order valence-electron chi connectivity index (χ1n) is 7.68. The SMILES string of the molecule is Cn1c(=O)ccc2c(N3CCC(COC(N)=O)CC3)ccnc21. The molecule has 23 heavy (non-hydrogen) atoms. The molecule has 1 amide bonds. The zero-order chi connectivity index (χ0) is 16.4. The van der Waals surface area contributed by atoms with Gasteiger partial charge in [0.15, 0.2) is 0 Å². The molecule has 122 valence electrons. The lowest BCUT2D eigenvalue weighted by atomic mass is 9.97. The summed E-state index contributed by atoms with van der Waals surface area (Å²) in [6.07, 6.45) is 2.89. The van der Waals surface area contributed by atoms with Crippen molar-refractivity contribution in [3.8, 4) is 0 Å². The first-order valence-corrected chi connectivity index (χ1v) is 7.68. The van der Waals surface area contributed by atoms with Crippen molar-refractivity contribution in [1.29, 1.82) is 0 Å². The van der Waals surface area contributed by atoms with Gasteiger partial charge in [-0.2, -0.15) is 0 Å². The van der Waals surface area contributed by atoms with Gasteiger partial charge in [-0.25, -0.2) is 9.78 Å². The maximum Gasteiger partial charge on any atom is 0.404 e. The van der Waals surface area contributed by atoms with Gasteiger partial charge < -0.3 is 15.4 Å². The Kier molecular flexibility index (Phi) is 4.18. The number of carbonyl (C=O) groups is 1. The van der Waals surface area contributed by atoms with Crippen LogP contribution in [0, 0.1) is 5.92 Å². The average molecular weight is 316 g/mol. The van der Waals surface area contributed by atoms with Gasteiger partial charge in [-0.05, 0) is 30.9 Å². The molecule has 1 aliphatic heterocycles. The van der Waals surface area contributed by atoms with Gasteiger partial charge >= 0.3 is 6.09 Å². The predicted octanol–water partition coefficient (Wildman–Crippen LogP) is 1.25. The third kappa shape index (κ3) is 3.13. The highest BCUT2D eigenvalue weighted by molar-refractivity contribution is 5.89. The second kappa shape index (κ2) is 6.28. The minimum atomic E-state index is -0.714. The molecule has 1 aliphatic rings. The Morgan fingerprint density at radius 3 is 2.78 bits per heavy atom. The van der Waals surface area contributed by atoms with Gasteiger partial charge in [0.1, 0.15) is 5.65 Å². The number of nitrogens with two attached hydrogens (primary N) is 1. The highest BCUT2D eigenvalue weighted by Gasteiger charge is 2.22. The fourth-order valence-electron chi connectivity index (χ4n) is 3.07. The fourth-order valence-corrected chi connectivity index (χ4v) is 3.07. The van der Waals surface area contributed by atoms with E-state index in [0.29, 0.717) is 18.2 Å². The molecule has 1 saturated heterocycles. The second-order valence-corrected chi connectivity index (χ2v) is 5.86. The van der Waals surface area contributed by atoms with Gasteiger partial charge in [0, 0.05) is 43.5 Å². The Labute approximate surface area is 133 Å². The number of hydrogen-bond donors (Lipinski definition) is 1. The molecule has 0 aromatic carbocycles. The number of aromatic nitrogens is 2. The molecule has 2 aromatic heterocycles. The molecular formula is C16H20N4O3. The summed E-state index contributed by atoms with van der Waals surface area (Å²) in [7, 11) is 1.73. The van der Waals surface area contributed by atoms with Crippen molar-refractivity contribution in [3.63, 3.8) is 0 Å². The highest BCUT2D eigenvalue weighted by Crippen LogP contribution is 2.28. The van der Waals surface area contributed by atoms with E-state index in [2.05, 4.69) is 9.88 Å². The smallest absolute Gasteiger partial charge is 0.404 e. The number of rotatable bonds is 3. The molecular weight excluding hydrogens is 296 g/mol. The van der Waals surface area contributed by atoms with Crippen LogP contribution in [0.4, 0.5) is 10.5 Å². The fraction of sp³-hybridized carbons (Fsp3) is 0.438. The molecule has 0 atom stereocenters. The molecule has 2 N–H and O–H groups in total. The van der Waals surface area contributed by atoms with Crippen molar-refractivity contribution in [2.75, 3.05) is 24.6 Å². The molecule has 0 radical (unpaired) electrons. The third-order valence-electron chi connectivity index (χ3n) is 4.40. The van der Waals surface area contributed by atoms with Crippen molar-refractivity contribution in [2.45, 2.75) is 12.8 Å². The van der Waals surface area contributed by atoms with Crippen LogP contribution in [0.1, 0.15) is 12.8 Å². The zero-order valence-corrected chi connectivity index (χ0v) is 13.1. The van der Waals surface area contributed by atoms with Gasteiger partial charge in [-0.1, -0.05) is 0 Å². The van der Waals surface area contributed by atoms with Gasteiger partial charge in [0.2, 0.25) is 0 Å². The van der Waals surface area contributed by atoms with Crippen LogP contribution in [0.5, 0.6) is 0 Å². The lowest BCUT2D eigenvalue weighted by Crippen LogP contribution is -2.36. The molecule has 7 nitrogen and oxygen atoms in total. The number of amides is 1. The van der Waals surface area contributed by atoms with E-state index in [1.165, 1.54) is 0 Å². The van der Waals surface area contributed by atoms with E-state index in [1.807, 2.05) is 12.1 Å². The Morgan fingerprint density at radius 1 is 1.35 bits per heavy atom. The topological polar surface area (TPSA) is 90.5 Å². The number of aryl methyl sites for hydroxylation is 1. The third-order valence-corrected chi connectivity index (χ3v) is 4.40. The summed E-state index contributed by atoms with van der Waals surface area (Å²) in [4.78, 5) is 29.0. The normalized spacial score (nSPS) is 15.8. The molecule has 0 spiro atoms. The second-order valence-electron chi connectivity index (χ2n) is 5.86. The van der Waals surface area contributed by atoms with E-state index < -0.39 is 6.09 Å². The van der Waals surface area contributed by atoms with Crippen LogP contribution in [0.3, 0.4) is 0 Å². The van der Waals surface area contributed by atoms with Crippen molar-refractivity contribution >= 4 is 22.8 Å². The van der Waals surface area contributed by atoms with Gasteiger partial charge in [-0.15, -0.1) is 0 Å². The summed E-state index contributed by atoms with van der Waals surface area (Å²) in [6, 6.07) is 5.39. The van der Waals surface area contributed by atoms with Crippen molar-refractivity contribution in [3.05, 3.63) is 34.7 Å². The zero-order valence-electron chi connectivity index (χ0n) is 13.1. The van der Waals surface area contributed by atoms with Crippen LogP contribution in [-0.2, 0) is 11.8 Å². The quantitative estimate of drug-likeness (QED) is 0.920. The molecule has 0 aliphatic carbocycles. The van der Waals surface area contributed by atoms with Crippen LogP contribution >= 0.6 is 0 Å². The molecule has 2 aromatic rings. The number of pyridine rings is 2. The van der Waals surface area contributed by atoms with Crippen molar-refractivity contribution < 1.29 is 9.53 Å². The molecule has 0 saturated carbocycles. The maximum absolute atomic E-state index is 11.7. The highest BCUT2D eigenvalue weighted by atomic mass is 16.5. The van der Waals surface area contributed by atoms with E-state index >= 15 is 0 Å². The number of anilines is 1. The molecule has 0 bridgehead atoms. The Balaban J connectivity index is 1.79. The monoisotopic (exact) mass is 316 g/mol. The summed E-state index contributed by atoms with van der Waals surface area (Å²) in [5, 5.41) is 0.974. The van der Waals surface area contributed by atoms with E-state index in [0.717, 1.165) is 37.0 Å². The number of hydrogen-bond acceptors (Lipinski definition) is 5. The minimum Gasteiger partial charge on any atom is -0.449 e. The Hall–Kier alpha value is -2.57. The average Bonchev–Trinajstić information content (AvgIpc) is 2.56. The van der Waals surface area contributed by atoms with E-state index in [1.54, 1.807) is 23.9 Å². The van der Waals surface area contributed by atoms with Crippen LogP contribution in [0.2, 0.25) is 0 Å². The Morgan fingerprint density at radius 2 is 2.09 bits per heavy atom. The number of ether oxygens (including phenoxy) is 1. The van der Waals surface area contributed by atoms with Gasteiger partial charge in [0.05, 0.1) is 6.61 Å². The van der Waals surface area contributed by atoms with Crippen molar-refractivity contribution in [1.82, 2.24) is 9.55 Å². The number of fused-ring (bicyclic) bond motifs is 1. The van der Waals surface area contributed by atoms with E-state index in [4.69, 9.17) is 10.5 Å². The number of piperidine rings is 1. The maximum atomic E-state index is 11.7. The number of primary amides is 1. The standard InChI is InChI=1S/C16H20N4O3/c1-19-14(21)3-2-12-13(4-7-18-15(12)19)20-8-5-11(6-9-20)10-23-16(17)22/h2-4,7,11H,5-6,8-10H2,1H3,(H2,17,22). The first kappa shape index (κ1) is 15.3. The number of nitrogens with zero attached hydrogens (tertiary/aromatic N) is 3. The lowest BCUT2D eigenvalue weighted by Gasteiger charge is -2.33. The molecule has 1 fully saturated rings. The minimum absolute atomic E-state index is 0.0653. The summed E-state index contributed by atoms with van der Waals surface area (Å²) >= 11 is 0.